The van der Waals surface area contributed by atoms with Gasteiger partial charge in [0.1, 0.15) is 0 Å². The van der Waals surface area contributed by atoms with E-state index in [0.717, 1.165) is 42.4 Å². The molecule has 0 aliphatic carbocycles. The molecule has 1 aliphatic heterocycles. The van der Waals surface area contributed by atoms with Gasteiger partial charge in [-0.05, 0) is 37.0 Å². The molecular formula is C19H22N4O. The minimum Gasteiger partial charge on any atom is -0.361 e. The van der Waals surface area contributed by atoms with Crippen LogP contribution in [0.3, 0.4) is 0 Å². The van der Waals surface area contributed by atoms with E-state index >= 15 is 0 Å². The molecule has 0 bridgehead atoms. The number of benzene rings is 1. The van der Waals surface area contributed by atoms with Crippen molar-refractivity contribution in [3.63, 3.8) is 0 Å². The second kappa shape index (κ2) is 6.51. The predicted octanol–water partition coefficient (Wildman–Crippen LogP) is 2.99. The van der Waals surface area contributed by atoms with Crippen LogP contribution in [0.4, 0.5) is 0 Å². The quantitative estimate of drug-likeness (QED) is 0.803. The molecule has 1 fully saturated rings. The highest BCUT2D eigenvalue weighted by Gasteiger charge is 2.27. The van der Waals surface area contributed by atoms with E-state index in [4.69, 9.17) is 0 Å². The zero-order valence-electron chi connectivity index (χ0n) is 13.7. The van der Waals surface area contributed by atoms with Gasteiger partial charge >= 0.3 is 0 Å². The summed E-state index contributed by atoms with van der Waals surface area (Å²) in [4.78, 5) is 18.3. The third-order valence-corrected chi connectivity index (χ3v) is 4.92. The van der Waals surface area contributed by atoms with Crippen molar-refractivity contribution in [2.24, 2.45) is 0 Å². The van der Waals surface area contributed by atoms with Gasteiger partial charge in [0.15, 0.2) is 0 Å². The largest absolute Gasteiger partial charge is 0.361 e. The first-order valence-corrected chi connectivity index (χ1v) is 8.63. The summed E-state index contributed by atoms with van der Waals surface area (Å²) in [5.74, 6) is 0.219. The number of aromatic amines is 1. The Morgan fingerprint density at radius 3 is 3.04 bits per heavy atom. The van der Waals surface area contributed by atoms with Gasteiger partial charge in [-0.1, -0.05) is 18.2 Å². The lowest BCUT2D eigenvalue weighted by atomic mass is 10.0. The highest BCUT2D eigenvalue weighted by molar-refractivity contribution is 5.89. The number of likely N-dealkylation sites (tertiary alicyclic amines) is 1. The number of para-hydroxylation sites is 1. The highest BCUT2D eigenvalue weighted by atomic mass is 16.2. The van der Waals surface area contributed by atoms with Crippen LogP contribution in [-0.4, -0.2) is 38.2 Å². The molecule has 5 nitrogen and oxygen atoms in total. The summed E-state index contributed by atoms with van der Waals surface area (Å²) >= 11 is 0. The Kier molecular flexibility index (Phi) is 4.07. The molecule has 1 saturated heterocycles. The lowest BCUT2D eigenvalue weighted by Crippen LogP contribution is -2.46. The van der Waals surface area contributed by atoms with Crippen molar-refractivity contribution in [2.75, 3.05) is 6.54 Å². The number of amides is 1. The van der Waals surface area contributed by atoms with E-state index in [9.17, 15) is 4.79 Å². The van der Waals surface area contributed by atoms with Gasteiger partial charge in [-0.3, -0.25) is 9.48 Å². The molecule has 0 spiro atoms. The lowest BCUT2D eigenvalue weighted by Gasteiger charge is -2.35. The molecule has 2 aromatic heterocycles. The molecule has 1 N–H and O–H groups in total. The molecule has 1 amide bonds. The maximum atomic E-state index is 12.9. The Morgan fingerprint density at radius 2 is 2.17 bits per heavy atom. The predicted molar refractivity (Wildman–Crippen MR) is 93.6 cm³/mol. The average Bonchev–Trinajstić information content (AvgIpc) is 3.26. The summed E-state index contributed by atoms with van der Waals surface area (Å²) in [6, 6.07) is 10.3. The first-order valence-electron chi connectivity index (χ1n) is 8.63. The Morgan fingerprint density at radius 1 is 1.25 bits per heavy atom. The number of hydrogen-bond acceptors (Lipinski definition) is 2. The van der Waals surface area contributed by atoms with E-state index < -0.39 is 0 Å². The maximum Gasteiger partial charge on any atom is 0.227 e. The second-order valence-electron chi connectivity index (χ2n) is 6.50. The van der Waals surface area contributed by atoms with Crippen LogP contribution in [-0.2, 0) is 17.8 Å². The number of piperidine rings is 1. The van der Waals surface area contributed by atoms with Crippen molar-refractivity contribution in [1.29, 1.82) is 0 Å². The van der Waals surface area contributed by atoms with E-state index in [1.165, 1.54) is 6.42 Å². The van der Waals surface area contributed by atoms with Crippen molar-refractivity contribution >= 4 is 16.8 Å². The fourth-order valence-electron chi connectivity index (χ4n) is 3.69. The summed E-state index contributed by atoms with van der Waals surface area (Å²) in [6.07, 6.45) is 9.52. The Balaban J connectivity index is 1.51. The molecule has 1 aromatic carbocycles. The number of H-pyrrole nitrogens is 1. The summed E-state index contributed by atoms with van der Waals surface area (Å²) < 4.78 is 1.93. The van der Waals surface area contributed by atoms with Crippen LogP contribution in [0.2, 0.25) is 0 Å². The van der Waals surface area contributed by atoms with E-state index in [2.05, 4.69) is 21.0 Å². The van der Waals surface area contributed by atoms with E-state index in [0.29, 0.717) is 6.42 Å². The molecule has 0 saturated carbocycles. The minimum atomic E-state index is 0.219. The number of aromatic nitrogens is 3. The van der Waals surface area contributed by atoms with Gasteiger partial charge in [-0.15, -0.1) is 0 Å². The van der Waals surface area contributed by atoms with Crippen molar-refractivity contribution in [3.05, 3.63) is 54.5 Å². The van der Waals surface area contributed by atoms with Gasteiger partial charge < -0.3 is 9.88 Å². The standard InChI is InChI=1S/C19H22N4O/c24-19(12-15-13-20-18-8-2-1-7-17(15)18)23-11-4-3-6-16(23)14-22-10-5-9-21-22/h1-2,5,7-10,13,16,20H,3-4,6,11-12,14H2/t16-/m0/s1. The first kappa shape index (κ1) is 15.0. The monoisotopic (exact) mass is 322 g/mol. The van der Waals surface area contributed by atoms with E-state index in [1.807, 2.05) is 41.3 Å². The molecule has 1 aliphatic rings. The Bertz CT molecular complexity index is 821. The van der Waals surface area contributed by atoms with Gasteiger partial charge in [0, 0.05) is 36.0 Å². The molecule has 0 unspecified atom stereocenters. The van der Waals surface area contributed by atoms with Gasteiger partial charge in [-0.25, -0.2) is 0 Å². The topological polar surface area (TPSA) is 53.9 Å². The summed E-state index contributed by atoms with van der Waals surface area (Å²) in [7, 11) is 0. The number of hydrogen-bond donors (Lipinski definition) is 1. The highest BCUT2D eigenvalue weighted by Crippen LogP contribution is 2.22. The minimum absolute atomic E-state index is 0.219. The number of nitrogens with one attached hydrogen (secondary N) is 1. The Hall–Kier alpha value is -2.56. The number of carbonyl (C=O) groups excluding carboxylic acids is 1. The first-order chi connectivity index (χ1) is 11.8. The molecule has 24 heavy (non-hydrogen) atoms. The summed E-state index contributed by atoms with van der Waals surface area (Å²) in [5, 5.41) is 5.44. The summed E-state index contributed by atoms with van der Waals surface area (Å²) in [5.41, 5.74) is 2.17. The average molecular weight is 322 g/mol. The molecule has 3 heterocycles. The number of carbonyl (C=O) groups is 1. The number of fused-ring (bicyclic) bond motifs is 1. The maximum absolute atomic E-state index is 12.9. The molecule has 0 radical (unpaired) electrons. The molecule has 124 valence electrons. The smallest absolute Gasteiger partial charge is 0.227 e. The fraction of sp³-hybridized carbons (Fsp3) is 0.368. The van der Waals surface area contributed by atoms with Gasteiger partial charge in [0.2, 0.25) is 5.91 Å². The van der Waals surface area contributed by atoms with Crippen molar-refractivity contribution in [1.82, 2.24) is 19.7 Å². The van der Waals surface area contributed by atoms with E-state index in [1.54, 1.807) is 6.20 Å². The van der Waals surface area contributed by atoms with Crippen LogP contribution in [0.15, 0.2) is 48.9 Å². The zero-order valence-corrected chi connectivity index (χ0v) is 13.7. The third-order valence-electron chi connectivity index (χ3n) is 4.92. The molecular weight excluding hydrogens is 300 g/mol. The molecule has 4 rings (SSSR count). The van der Waals surface area contributed by atoms with Crippen molar-refractivity contribution < 1.29 is 4.79 Å². The SMILES string of the molecule is O=C(Cc1c[nH]c2ccccc12)N1CCCC[C@H]1Cn1cccn1. The van der Waals surface area contributed by atoms with Gasteiger partial charge in [0.25, 0.3) is 0 Å². The molecule has 5 heteroatoms. The lowest BCUT2D eigenvalue weighted by molar-refractivity contribution is -0.134. The van der Waals surface area contributed by atoms with Crippen LogP contribution in [0.25, 0.3) is 10.9 Å². The molecule has 1 atom stereocenters. The van der Waals surface area contributed by atoms with Crippen LogP contribution in [0, 0.1) is 0 Å². The van der Waals surface area contributed by atoms with Crippen LogP contribution in [0.1, 0.15) is 24.8 Å². The van der Waals surface area contributed by atoms with Crippen molar-refractivity contribution in [2.45, 2.75) is 38.3 Å². The molecule has 3 aromatic rings. The number of nitrogens with zero attached hydrogens (tertiary/aromatic N) is 3. The third kappa shape index (κ3) is 2.94. The zero-order chi connectivity index (χ0) is 16.4. The second-order valence-corrected chi connectivity index (χ2v) is 6.50. The van der Waals surface area contributed by atoms with Crippen LogP contribution < -0.4 is 0 Å². The van der Waals surface area contributed by atoms with Gasteiger partial charge in [-0.2, -0.15) is 5.10 Å². The number of rotatable bonds is 4. The van der Waals surface area contributed by atoms with Crippen LogP contribution >= 0.6 is 0 Å². The van der Waals surface area contributed by atoms with E-state index in [-0.39, 0.29) is 11.9 Å². The van der Waals surface area contributed by atoms with Crippen LogP contribution in [0.5, 0.6) is 0 Å². The van der Waals surface area contributed by atoms with Crippen molar-refractivity contribution in [3.8, 4) is 0 Å². The normalized spacial score (nSPS) is 18.2. The summed E-state index contributed by atoms with van der Waals surface area (Å²) in [6.45, 7) is 1.64. The van der Waals surface area contributed by atoms with Gasteiger partial charge in [0.05, 0.1) is 19.0 Å². The fourth-order valence-corrected chi connectivity index (χ4v) is 3.69. The Labute approximate surface area is 141 Å².